The van der Waals surface area contributed by atoms with Crippen LogP contribution in [0.2, 0.25) is 0 Å². The molecule has 1 aliphatic carbocycles. The molecule has 1 amide bonds. The second kappa shape index (κ2) is 8.26. The molecule has 1 aliphatic heterocycles. The van der Waals surface area contributed by atoms with E-state index in [4.69, 9.17) is 0 Å². The monoisotopic (exact) mass is 367 g/mol. The highest BCUT2D eigenvalue weighted by Gasteiger charge is 2.25. The third kappa shape index (κ3) is 4.24. The van der Waals surface area contributed by atoms with E-state index < -0.39 is 0 Å². The molecule has 1 saturated carbocycles. The average Bonchev–Trinajstić information content (AvgIpc) is 3.13. The van der Waals surface area contributed by atoms with Gasteiger partial charge in [-0.1, -0.05) is 37.5 Å². The first-order chi connectivity index (χ1) is 13.2. The Balaban J connectivity index is 1.27. The van der Waals surface area contributed by atoms with Gasteiger partial charge in [0.25, 0.3) is 0 Å². The van der Waals surface area contributed by atoms with Crippen LogP contribution in [-0.4, -0.2) is 59.2 Å². The van der Waals surface area contributed by atoms with Crippen LogP contribution in [0.4, 0.5) is 0 Å². The van der Waals surface area contributed by atoms with Crippen LogP contribution in [0.25, 0.3) is 10.9 Å². The Labute approximate surface area is 160 Å². The summed E-state index contributed by atoms with van der Waals surface area (Å²) >= 11 is 0. The van der Waals surface area contributed by atoms with Crippen molar-refractivity contribution in [3.05, 3.63) is 36.0 Å². The van der Waals surface area contributed by atoms with E-state index >= 15 is 0 Å². The number of amides is 1. The lowest BCUT2D eigenvalue weighted by Gasteiger charge is -2.35. The van der Waals surface area contributed by atoms with Crippen molar-refractivity contribution in [1.29, 1.82) is 0 Å². The van der Waals surface area contributed by atoms with Crippen molar-refractivity contribution in [3.8, 4) is 0 Å². The van der Waals surface area contributed by atoms with E-state index in [1.165, 1.54) is 32.1 Å². The van der Waals surface area contributed by atoms with Gasteiger partial charge >= 0.3 is 0 Å². The van der Waals surface area contributed by atoms with Gasteiger partial charge in [-0.2, -0.15) is 0 Å². The highest BCUT2D eigenvalue weighted by Crippen LogP contribution is 2.27. The second-order valence-electron chi connectivity index (χ2n) is 8.04. The molecule has 1 aromatic heterocycles. The molecule has 1 saturated heterocycles. The zero-order valence-electron chi connectivity index (χ0n) is 16.0. The van der Waals surface area contributed by atoms with Gasteiger partial charge in [-0.3, -0.25) is 14.5 Å². The first-order valence-electron chi connectivity index (χ1n) is 10.3. The van der Waals surface area contributed by atoms with Crippen molar-refractivity contribution in [1.82, 2.24) is 14.8 Å². The smallest absolute Gasteiger partial charge is 0.222 e. The average molecular weight is 367 g/mol. The fourth-order valence-electron chi connectivity index (χ4n) is 4.51. The van der Waals surface area contributed by atoms with Gasteiger partial charge in [-0.05, 0) is 24.8 Å². The van der Waals surface area contributed by atoms with E-state index in [1.54, 1.807) is 0 Å². The summed E-state index contributed by atoms with van der Waals surface area (Å²) in [4.78, 5) is 32.6. The number of H-pyrrole nitrogens is 1. The predicted molar refractivity (Wildman–Crippen MR) is 107 cm³/mol. The number of ketones is 1. The minimum atomic E-state index is 0.148. The van der Waals surface area contributed by atoms with Crippen LogP contribution >= 0.6 is 0 Å². The number of nitrogens with one attached hydrogen (secondary N) is 1. The van der Waals surface area contributed by atoms with Gasteiger partial charge in [0.05, 0.1) is 6.54 Å². The third-order valence-electron chi connectivity index (χ3n) is 6.17. The lowest BCUT2D eigenvalue weighted by atomic mass is 9.86. The number of piperazine rings is 1. The van der Waals surface area contributed by atoms with Gasteiger partial charge in [-0.15, -0.1) is 0 Å². The Hall–Kier alpha value is -2.14. The van der Waals surface area contributed by atoms with Crippen molar-refractivity contribution in [2.75, 3.05) is 32.7 Å². The Kier molecular flexibility index (Phi) is 5.58. The summed E-state index contributed by atoms with van der Waals surface area (Å²) in [6.45, 7) is 3.47. The van der Waals surface area contributed by atoms with Crippen LogP contribution in [0, 0.1) is 5.92 Å². The number of rotatable bonds is 5. The largest absolute Gasteiger partial charge is 0.360 e. The number of Topliss-reactive ketones (excluding diaryl/α,β-unsaturated/α-hetero) is 1. The molecule has 27 heavy (non-hydrogen) atoms. The molecule has 144 valence electrons. The molecular weight excluding hydrogens is 338 g/mol. The summed E-state index contributed by atoms with van der Waals surface area (Å²) in [6.07, 6.45) is 8.85. The Bertz CT molecular complexity index is 799. The molecule has 2 fully saturated rings. The Morgan fingerprint density at radius 1 is 1.00 bits per heavy atom. The molecule has 0 radical (unpaired) electrons. The van der Waals surface area contributed by atoms with E-state index in [-0.39, 0.29) is 5.78 Å². The van der Waals surface area contributed by atoms with Gasteiger partial charge in [0, 0.05) is 55.3 Å². The quantitative estimate of drug-likeness (QED) is 0.824. The van der Waals surface area contributed by atoms with Crippen LogP contribution in [0.3, 0.4) is 0 Å². The first kappa shape index (κ1) is 18.2. The minimum Gasteiger partial charge on any atom is -0.360 e. The summed E-state index contributed by atoms with van der Waals surface area (Å²) in [5.74, 6) is 1.05. The van der Waals surface area contributed by atoms with Crippen molar-refractivity contribution >= 4 is 22.6 Å². The lowest BCUT2D eigenvalue weighted by molar-refractivity contribution is -0.134. The standard InChI is InChI=1S/C22H29N3O2/c26-21(19-15-23-20-9-5-4-8-18(19)20)16-24-10-12-25(13-11-24)22(27)14-17-6-2-1-3-7-17/h4-5,8-9,15,17,23H,1-3,6-7,10-14,16H2. The Morgan fingerprint density at radius 3 is 2.52 bits per heavy atom. The summed E-state index contributed by atoms with van der Waals surface area (Å²) in [7, 11) is 0. The van der Waals surface area contributed by atoms with Gasteiger partial charge in [0.2, 0.25) is 5.91 Å². The van der Waals surface area contributed by atoms with Crippen LogP contribution in [0.1, 0.15) is 48.9 Å². The minimum absolute atomic E-state index is 0.148. The van der Waals surface area contributed by atoms with Crippen molar-refractivity contribution in [2.24, 2.45) is 5.92 Å². The number of para-hydroxylation sites is 1. The molecule has 1 N–H and O–H groups in total. The number of hydrogen-bond acceptors (Lipinski definition) is 3. The predicted octanol–water partition coefficient (Wildman–Crippen LogP) is 3.47. The number of benzene rings is 1. The summed E-state index contributed by atoms with van der Waals surface area (Å²) in [6, 6.07) is 7.91. The van der Waals surface area contributed by atoms with Gasteiger partial charge in [0.15, 0.2) is 5.78 Å². The number of carbonyl (C=O) groups excluding carboxylic acids is 2. The van der Waals surface area contributed by atoms with Crippen LogP contribution in [0.5, 0.6) is 0 Å². The maximum absolute atomic E-state index is 12.7. The van der Waals surface area contributed by atoms with Gasteiger partial charge < -0.3 is 9.88 Å². The number of nitrogens with zero attached hydrogens (tertiary/aromatic N) is 2. The summed E-state index contributed by atoms with van der Waals surface area (Å²) in [5.41, 5.74) is 1.76. The van der Waals surface area contributed by atoms with E-state index in [2.05, 4.69) is 9.88 Å². The molecule has 0 spiro atoms. The number of hydrogen-bond donors (Lipinski definition) is 1. The number of aromatic nitrogens is 1. The molecule has 0 unspecified atom stereocenters. The molecule has 1 aromatic carbocycles. The Morgan fingerprint density at radius 2 is 1.74 bits per heavy atom. The fraction of sp³-hybridized carbons (Fsp3) is 0.545. The van der Waals surface area contributed by atoms with Gasteiger partial charge in [-0.25, -0.2) is 0 Å². The highest BCUT2D eigenvalue weighted by atomic mass is 16.2. The van der Waals surface area contributed by atoms with Gasteiger partial charge in [0.1, 0.15) is 0 Å². The van der Waals surface area contributed by atoms with E-state index in [1.807, 2.05) is 35.4 Å². The first-order valence-corrected chi connectivity index (χ1v) is 10.3. The molecule has 0 atom stereocenters. The van der Waals surface area contributed by atoms with Crippen molar-refractivity contribution in [2.45, 2.75) is 38.5 Å². The number of carbonyl (C=O) groups is 2. The van der Waals surface area contributed by atoms with E-state index in [0.717, 1.165) is 42.6 Å². The zero-order valence-corrected chi connectivity index (χ0v) is 16.0. The van der Waals surface area contributed by atoms with E-state index in [0.29, 0.717) is 24.8 Å². The summed E-state index contributed by atoms with van der Waals surface area (Å²) < 4.78 is 0. The molecule has 5 nitrogen and oxygen atoms in total. The van der Waals surface area contributed by atoms with Crippen LogP contribution in [-0.2, 0) is 4.79 Å². The lowest BCUT2D eigenvalue weighted by Crippen LogP contribution is -2.50. The fourth-order valence-corrected chi connectivity index (χ4v) is 4.51. The van der Waals surface area contributed by atoms with Crippen molar-refractivity contribution in [3.63, 3.8) is 0 Å². The normalized spacial score (nSPS) is 19.5. The molecule has 2 heterocycles. The molecule has 5 heteroatoms. The zero-order chi connectivity index (χ0) is 18.6. The summed E-state index contributed by atoms with van der Waals surface area (Å²) in [5, 5.41) is 0.990. The van der Waals surface area contributed by atoms with Crippen LogP contribution in [0.15, 0.2) is 30.5 Å². The van der Waals surface area contributed by atoms with E-state index in [9.17, 15) is 9.59 Å². The molecule has 2 aliphatic rings. The maximum Gasteiger partial charge on any atom is 0.222 e. The second-order valence-corrected chi connectivity index (χ2v) is 8.04. The molecule has 2 aromatic rings. The SMILES string of the molecule is O=C(CN1CCN(C(=O)CC2CCCCC2)CC1)c1c[nH]c2ccccc12. The maximum atomic E-state index is 12.7. The van der Waals surface area contributed by atoms with Crippen molar-refractivity contribution < 1.29 is 9.59 Å². The highest BCUT2D eigenvalue weighted by molar-refractivity contribution is 6.08. The third-order valence-corrected chi connectivity index (χ3v) is 6.17. The number of aromatic amines is 1. The molecule has 4 rings (SSSR count). The molecule has 0 bridgehead atoms. The van der Waals surface area contributed by atoms with Crippen LogP contribution < -0.4 is 0 Å². The number of fused-ring (bicyclic) bond motifs is 1. The molecular formula is C22H29N3O2. The topological polar surface area (TPSA) is 56.4 Å².